The summed E-state index contributed by atoms with van der Waals surface area (Å²) in [5.74, 6) is 0.805. The van der Waals surface area contributed by atoms with E-state index in [0.717, 1.165) is 34.6 Å². The summed E-state index contributed by atoms with van der Waals surface area (Å²) >= 11 is 6.40. The van der Waals surface area contributed by atoms with E-state index >= 15 is 0 Å². The summed E-state index contributed by atoms with van der Waals surface area (Å²) in [6, 6.07) is 12.2. The minimum absolute atomic E-state index is 0.731. The van der Waals surface area contributed by atoms with E-state index in [4.69, 9.17) is 16.3 Å². The van der Waals surface area contributed by atoms with E-state index in [0.29, 0.717) is 0 Å². The molecule has 0 bridgehead atoms. The van der Waals surface area contributed by atoms with Crippen molar-refractivity contribution in [3.63, 3.8) is 0 Å². The van der Waals surface area contributed by atoms with Crippen LogP contribution in [0.3, 0.4) is 0 Å². The molecule has 0 saturated carbocycles. The standard InChI is InChI=1S/C18H23ClO/c1-2-3-4-5-6-9-14-20-17-13-12-15-10-7-8-11-16(15)18(17)19/h7-8,10-13H,2-6,9,14H2,1H3. The summed E-state index contributed by atoms with van der Waals surface area (Å²) in [4.78, 5) is 0. The van der Waals surface area contributed by atoms with Gasteiger partial charge in [-0.05, 0) is 17.9 Å². The summed E-state index contributed by atoms with van der Waals surface area (Å²) in [6.07, 6.45) is 7.63. The lowest BCUT2D eigenvalue weighted by atomic mass is 10.1. The van der Waals surface area contributed by atoms with E-state index in [1.807, 2.05) is 24.3 Å². The molecule has 0 radical (unpaired) electrons. The number of ether oxygens (including phenoxy) is 1. The molecule has 2 aromatic rings. The normalized spacial score (nSPS) is 10.9. The molecule has 0 aromatic heterocycles. The van der Waals surface area contributed by atoms with Crippen LogP contribution in [0.5, 0.6) is 5.75 Å². The highest BCUT2D eigenvalue weighted by Crippen LogP contribution is 2.32. The van der Waals surface area contributed by atoms with Crippen molar-refractivity contribution in [1.29, 1.82) is 0 Å². The van der Waals surface area contributed by atoms with Gasteiger partial charge in [0.2, 0.25) is 0 Å². The van der Waals surface area contributed by atoms with Crippen molar-refractivity contribution in [2.75, 3.05) is 6.61 Å². The Morgan fingerprint density at radius 2 is 1.65 bits per heavy atom. The fraction of sp³-hybridized carbons (Fsp3) is 0.444. The Morgan fingerprint density at radius 3 is 2.50 bits per heavy atom. The van der Waals surface area contributed by atoms with Crippen LogP contribution in [0.1, 0.15) is 45.4 Å². The van der Waals surface area contributed by atoms with Crippen LogP contribution in [0.4, 0.5) is 0 Å². The first-order valence-corrected chi connectivity index (χ1v) is 8.00. The lowest BCUT2D eigenvalue weighted by Gasteiger charge is -2.10. The molecule has 0 saturated heterocycles. The topological polar surface area (TPSA) is 9.23 Å². The lowest BCUT2D eigenvalue weighted by molar-refractivity contribution is 0.305. The molecule has 0 aliphatic carbocycles. The number of hydrogen-bond donors (Lipinski definition) is 0. The quantitative estimate of drug-likeness (QED) is 0.523. The van der Waals surface area contributed by atoms with Crippen molar-refractivity contribution in [3.05, 3.63) is 41.4 Å². The van der Waals surface area contributed by atoms with E-state index < -0.39 is 0 Å². The molecule has 0 N–H and O–H groups in total. The van der Waals surface area contributed by atoms with Gasteiger partial charge in [0.15, 0.2) is 0 Å². The SMILES string of the molecule is CCCCCCCCOc1ccc2ccccc2c1Cl. The molecule has 2 rings (SSSR count). The van der Waals surface area contributed by atoms with Gasteiger partial charge in [-0.1, -0.05) is 81.0 Å². The Bertz CT molecular complexity index is 536. The fourth-order valence-corrected chi connectivity index (χ4v) is 2.68. The van der Waals surface area contributed by atoms with Gasteiger partial charge in [0.05, 0.1) is 11.6 Å². The highest BCUT2D eigenvalue weighted by molar-refractivity contribution is 6.37. The van der Waals surface area contributed by atoms with Crippen LogP contribution >= 0.6 is 11.6 Å². The van der Waals surface area contributed by atoms with Gasteiger partial charge < -0.3 is 4.74 Å². The molecule has 0 fully saturated rings. The first-order valence-electron chi connectivity index (χ1n) is 7.63. The highest BCUT2D eigenvalue weighted by Gasteiger charge is 2.05. The number of hydrogen-bond acceptors (Lipinski definition) is 1. The van der Waals surface area contributed by atoms with Crippen LogP contribution in [0.2, 0.25) is 5.02 Å². The fourth-order valence-electron chi connectivity index (χ4n) is 2.39. The molecule has 1 nitrogen and oxygen atoms in total. The minimum Gasteiger partial charge on any atom is -0.492 e. The van der Waals surface area contributed by atoms with Crippen LogP contribution in [0.15, 0.2) is 36.4 Å². The lowest BCUT2D eigenvalue weighted by Crippen LogP contribution is -1.98. The molecule has 0 amide bonds. The van der Waals surface area contributed by atoms with Gasteiger partial charge in [0.25, 0.3) is 0 Å². The van der Waals surface area contributed by atoms with E-state index in [1.165, 1.54) is 32.1 Å². The molecule has 0 aliphatic heterocycles. The van der Waals surface area contributed by atoms with Crippen LogP contribution in [0.25, 0.3) is 10.8 Å². The van der Waals surface area contributed by atoms with Crippen LogP contribution < -0.4 is 4.74 Å². The molecule has 0 atom stereocenters. The maximum Gasteiger partial charge on any atom is 0.138 e. The Labute approximate surface area is 126 Å². The predicted molar refractivity (Wildman–Crippen MR) is 87.8 cm³/mol. The van der Waals surface area contributed by atoms with Crippen molar-refractivity contribution in [3.8, 4) is 5.75 Å². The second-order valence-corrected chi connectivity index (χ2v) is 5.59. The molecule has 2 aromatic carbocycles. The summed E-state index contributed by atoms with van der Waals surface area (Å²) in [7, 11) is 0. The van der Waals surface area contributed by atoms with Gasteiger partial charge in [-0.25, -0.2) is 0 Å². The zero-order valence-corrected chi connectivity index (χ0v) is 13.0. The number of halogens is 1. The average Bonchev–Trinajstić information content (AvgIpc) is 2.49. The van der Waals surface area contributed by atoms with Crippen molar-refractivity contribution in [1.82, 2.24) is 0 Å². The van der Waals surface area contributed by atoms with Gasteiger partial charge in [-0.2, -0.15) is 0 Å². The van der Waals surface area contributed by atoms with Gasteiger partial charge >= 0.3 is 0 Å². The Kier molecular flexibility index (Phi) is 6.20. The number of unbranched alkanes of at least 4 members (excludes halogenated alkanes) is 5. The summed E-state index contributed by atoms with van der Waals surface area (Å²) in [5.41, 5.74) is 0. The number of rotatable bonds is 8. The van der Waals surface area contributed by atoms with Crippen molar-refractivity contribution in [2.24, 2.45) is 0 Å². The first-order chi connectivity index (χ1) is 9.83. The van der Waals surface area contributed by atoms with Crippen molar-refractivity contribution >= 4 is 22.4 Å². The van der Waals surface area contributed by atoms with Crippen molar-refractivity contribution in [2.45, 2.75) is 45.4 Å². The van der Waals surface area contributed by atoms with Crippen molar-refractivity contribution < 1.29 is 4.74 Å². The zero-order chi connectivity index (χ0) is 14.2. The maximum atomic E-state index is 6.40. The molecule has 2 heteroatoms. The number of benzene rings is 2. The molecule has 108 valence electrons. The van der Waals surface area contributed by atoms with Gasteiger partial charge in [-0.3, -0.25) is 0 Å². The molecule has 20 heavy (non-hydrogen) atoms. The van der Waals surface area contributed by atoms with Crippen LogP contribution in [-0.4, -0.2) is 6.61 Å². The molecular weight excluding hydrogens is 268 g/mol. The molecule has 0 spiro atoms. The minimum atomic E-state index is 0.731. The second-order valence-electron chi connectivity index (χ2n) is 5.22. The summed E-state index contributed by atoms with van der Waals surface area (Å²) in [5, 5.41) is 2.95. The summed E-state index contributed by atoms with van der Waals surface area (Å²) in [6.45, 7) is 3.00. The van der Waals surface area contributed by atoms with E-state index in [1.54, 1.807) is 0 Å². The second kappa shape index (κ2) is 8.16. The maximum absolute atomic E-state index is 6.40. The van der Waals surface area contributed by atoms with Crippen LogP contribution in [0, 0.1) is 0 Å². The molecule has 0 aliphatic rings. The average molecular weight is 291 g/mol. The smallest absolute Gasteiger partial charge is 0.138 e. The predicted octanol–water partition coefficient (Wildman–Crippen LogP) is 6.23. The third kappa shape index (κ3) is 4.14. The van der Waals surface area contributed by atoms with E-state index in [9.17, 15) is 0 Å². The molecular formula is C18H23ClO. The zero-order valence-electron chi connectivity index (χ0n) is 12.2. The summed E-state index contributed by atoms with van der Waals surface area (Å²) < 4.78 is 5.82. The van der Waals surface area contributed by atoms with Gasteiger partial charge in [0.1, 0.15) is 5.75 Å². The monoisotopic (exact) mass is 290 g/mol. The van der Waals surface area contributed by atoms with E-state index in [-0.39, 0.29) is 0 Å². The first kappa shape index (κ1) is 15.2. The van der Waals surface area contributed by atoms with Crippen LogP contribution in [-0.2, 0) is 0 Å². The Hall–Kier alpha value is -1.21. The van der Waals surface area contributed by atoms with E-state index in [2.05, 4.69) is 19.1 Å². The Morgan fingerprint density at radius 1 is 0.900 bits per heavy atom. The molecule has 0 unspecified atom stereocenters. The highest BCUT2D eigenvalue weighted by atomic mass is 35.5. The molecule has 0 heterocycles. The third-order valence-corrected chi connectivity index (χ3v) is 3.97. The van der Waals surface area contributed by atoms with Gasteiger partial charge in [0, 0.05) is 5.39 Å². The largest absolute Gasteiger partial charge is 0.492 e. The third-order valence-electron chi connectivity index (χ3n) is 3.58. The Balaban J connectivity index is 1.83. The number of fused-ring (bicyclic) bond motifs is 1. The van der Waals surface area contributed by atoms with Gasteiger partial charge in [-0.15, -0.1) is 0 Å².